The fourth-order valence-electron chi connectivity index (χ4n) is 3.77. The zero-order chi connectivity index (χ0) is 17.3. The van der Waals surface area contributed by atoms with E-state index in [2.05, 4.69) is 0 Å². The Bertz CT molecular complexity index is 629. The van der Waals surface area contributed by atoms with Gasteiger partial charge in [0.25, 0.3) is 5.91 Å². The molecule has 2 fully saturated rings. The molecule has 1 aliphatic carbocycles. The maximum atomic E-state index is 13.1. The molecular formula is C17H21ClFNO4. The Kier molecular flexibility index (Phi) is 4.99. The minimum absolute atomic E-state index is 0.0464. The van der Waals surface area contributed by atoms with E-state index in [0.29, 0.717) is 25.1 Å². The van der Waals surface area contributed by atoms with E-state index in [-0.39, 0.29) is 29.2 Å². The topological polar surface area (TPSA) is 59.0 Å². The summed E-state index contributed by atoms with van der Waals surface area (Å²) < 4.78 is 24.3. The lowest BCUT2D eigenvalue weighted by atomic mass is 9.79. The lowest BCUT2D eigenvalue weighted by Gasteiger charge is -2.42. The van der Waals surface area contributed by atoms with Crippen LogP contribution in [0.2, 0.25) is 5.02 Å². The number of carbonyl (C=O) groups excluding carboxylic acids is 1. The Labute approximate surface area is 145 Å². The highest BCUT2D eigenvalue weighted by atomic mass is 35.5. The summed E-state index contributed by atoms with van der Waals surface area (Å²) >= 11 is 5.71. The van der Waals surface area contributed by atoms with Gasteiger partial charge in [0, 0.05) is 19.7 Å². The second-order valence-electron chi connectivity index (χ2n) is 6.41. The van der Waals surface area contributed by atoms with E-state index in [0.717, 1.165) is 12.8 Å². The molecule has 1 aliphatic heterocycles. The number of ether oxygens (including phenoxy) is 2. The van der Waals surface area contributed by atoms with Gasteiger partial charge >= 0.3 is 0 Å². The minimum atomic E-state index is -0.532. The summed E-state index contributed by atoms with van der Waals surface area (Å²) in [6, 6.07) is 3.84. The molecule has 0 radical (unpaired) electrons. The van der Waals surface area contributed by atoms with Gasteiger partial charge in [-0.15, -0.1) is 0 Å². The Balaban J connectivity index is 1.65. The van der Waals surface area contributed by atoms with E-state index in [4.69, 9.17) is 21.1 Å². The van der Waals surface area contributed by atoms with Crippen molar-refractivity contribution >= 4 is 17.5 Å². The van der Waals surface area contributed by atoms with Gasteiger partial charge in [0.05, 0.1) is 22.8 Å². The fourth-order valence-corrected chi connectivity index (χ4v) is 3.94. The van der Waals surface area contributed by atoms with Gasteiger partial charge in [0.2, 0.25) is 0 Å². The number of aliphatic hydroxyl groups is 1. The molecule has 3 rings (SSSR count). The predicted octanol–water partition coefficient (Wildman–Crippen LogP) is 2.39. The van der Waals surface area contributed by atoms with Crippen LogP contribution in [0.5, 0.6) is 5.75 Å². The van der Waals surface area contributed by atoms with Crippen molar-refractivity contribution in [2.24, 2.45) is 0 Å². The number of rotatable bonds is 4. The maximum absolute atomic E-state index is 13.1. The fraction of sp³-hybridized carbons (Fsp3) is 0.588. The molecule has 1 saturated heterocycles. The molecule has 7 heteroatoms. The average molecular weight is 358 g/mol. The number of hydrogen-bond acceptors (Lipinski definition) is 4. The molecule has 0 aromatic heterocycles. The molecule has 5 nitrogen and oxygen atoms in total. The van der Waals surface area contributed by atoms with E-state index in [1.165, 1.54) is 18.2 Å². The highest BCUT2D eigenvalue weighted by Crippen LogP contribution is 2.42. The Morgan fingerprint density at radius 1 is 1.50 bits per heavy atom. The third-order valence-electron chi connectivity index (χ3n) is 5.14. The summed E-state index contributed by atoms with van der Waals surface area (Å²) in [5.74, 6) is -0.361. The van der Waals surface area contributed by atoms with Crippen LogP contribution in [-0.4, -0.2) is 53.9 Å². The van der Waals surface area contributed by atoms with Crippen LogP contribution < -0.4 is 4.74 Å². The van der Waals surface area contributed by atoms with Gasteiger partial charge in [-0.2, -0.15) is 0 Å². The first kappa shape index (κ1) is 17.5. The second-order valence-corrected chi connectivity index (χ2v) is 6.82. The molecule has 1 N–H and O–H groups in total. The molecule has 24 heavy (non-hydrogen) atoms. The van der Waals surface area contributed by atoms with E-state index >= 15 is 0 Å². The van der Waals surface area contributed by atoms with Crippen molar-refractivity contribution in [3.63, 3.8) is 0 Å². The lowest BCUT2D eigenvalue weighted by Crippen LogP contribution is -2.53. The van der Waals surface area contributed by atoms with Crippen LogP contribution >= 0.6 is 11.6 Å². The first-order chi connectivity index (χ1) is 11.4. The summed E-state index contributed by atoms with van der Waals surface area (Å²) in [6.45, 7) is 0.423. The van der Waals surface area contributed by atoms with Crippen molar-refractivity contribution in [1.82, 2.24) is 4.90 Å². The molecule has 132 valence electrons. The smallest absolute Gasteiger partial charge is 0.260 e. The summed E-state index contributed by atoms with van der Waals surface area (Å²) in [7, 11) is 1.66. The minimum Gasteiger partial charge on any atom is -0.484 e. The molecule has 1 heterocycles. The third kappa shape index (κ3) is 3.23. The van der Waals surface area contributed by atoms with Gasteiger partial charge in [0.15, 0.2) is 6.61 Å². The first-order valence-corrected chi connectivity index (χ1v) is 8.43. The van der Waals surface area contributed by atoms with Crippen LogP contribution in [0, 0.1) is 5.82 Å². The molecule has 1 aromatic rings. The van der Waals surface area contributed by atoms with Crippen molar-refractivity contribution in [2.45, 2.75) is 43.4 Å². The number of aliphatic hydroxyl groups excluding tert-OH is 1. The van der Waals surface area contributed by atoms with Gasteiger partial charge in [-0.1, -0.05) is 11.6 Å². The lowest BCUT2D eigenvalue weighted by molar-refractivity contribution is -0.141. The number of hydrogen-bond donors (Lipinski definition) is 1. The number of halogens is 2. The van der Waals surface area contributed by atoms with Crippen LogP contribution in [0.15, 0.2) is 18.2 Å². The van der Waals surface area contributed by atoms with Gasteiger partial charge < -0.3 is 19.5 Å². The van der Waals surface area contributed by atoms with Crippen LogP contribution in [-0.2, 0) is 9.53 Å². The van der Waals surface area contributed by atoms with E-state index in [1.54, 1.807) is 12.0 Å². The van der Waals surface area contributed by atoms with E-state index < -0.39 is 11.9 Å². The van der Waals surface area contributed by atoms with Crippen LogP contribution in [0.1, 0.15) is 25.7 Å². The summed E-state index contributed by atoms with van der Waals surface area (Å²) in [6.07, 6.45) is 2.30. The van der Waals surface area contributed by atoms with Crippen LogP contribution in [0.3, 0.4) is 0 Å². The van der Waals surface area contributed by atoms with Gasteiger partial charge in [-0.3, -0.25) is 4.79 Å². The van der Waals surface area contributed by atoms with E-state index in [1.807, 2.05) is 0 Å². The Hall–Kier alpha value is -1.37. The average Bonchev–Trinajstić information content (AvgIpc) is 2.95. The van der Waals surface area contributed by atoms with Crippen molar-refractivity contribution in [2.75, 3.05) is 20.3 Å². The second kappa shape index (κ2) is 6.86. The summed E-state index contributed by atoms with van der Waals surface area (Å²) in [5.41, 5.74) is -0.367. The number of carbonyl (C=O) groups is 1. The highest BCUT2D eigenvalue weighted by Gasteiger charge is 2.52. The molecule has 1 amide bonds. The molecular weight excluding hydrogens is 337 g/mol. The monoisotopic (exact) mass is 357 g/mol. The maximum Gasteiger partial charge on any atom is 0.260 e. The van der Waals surface area contributed by atoms with Crippen LogP contribution in [0.25, 0.3) is 0 Å². The number of likely N-dealkylation sites (tertiary alicyclic amines) is 1. The molecule has 1 aromatic carbocycles. The molecule has 2 aliphatic rings. The van der Waals surface area contributed by atoms with Gasteiger partial charge in [-0.25, -0.2) is 4.39 Å². The largest absolute Gasteiger partial charge is 0.484 e. The highest BCUT2D eigenvalue weighted by molar-refractivity contribution is 6.30. The molecule has 1 saturated carbocycles. The van der Waals surface area contributed by atoms with Gasteiger partial charge in [0.1, 0.15) is 11.6 Å². The molecule has 0 bridgehead atoms. The SMILES string of the molecule is CO[C@@]12CC[C@@H](O)C[C@@H]1N(C(=O)COc1ccc(F)c(Cl)c1)CC2. The Morgan fingerprint density at radius 2 is 2.29 bits per heavy atom. The number of amides is 1. The number of benzene rings is 1. The predicted molar refractivity (Wildman–Crippen MR) is 86.6 cm³/mol. The molecule has 0 spiro atoms. The number of nitrogens with zero attached hydrogens (tertiary/aromatic N) is 1. The first-order valence-electron chi connectivity index (χ1n) is 8.06. The third-order valence-corrected chi connectivity index (χ3v) is 5.43. The normalized spacial score (nSPS) is 29.4. The zero-order valence-corrected chi connectivity index (χ0v) is 14.3. The molecule has 0 unspecified atom stereocenters. The quantitative estimate of drug-likeness (QED) is 0.899. The van der Waals surface area contributed by atoms with Crippen molar-refractivity contribution < 1.29 is 23.8 Å². The van der Waals surface area contributed by atoms with Crippen LogP contribution in [0.4, 0.5) is 4.39 Å². The number of methoxy groups -OCH3 is 1. The standard InChI is InChI=1S/C17H21ClFNO4/c1-23-17-5-4-11(21)8-15(17)20(7-6-17)16(22)10-24-12-2-3-14(19)13(18)9-12/h2-3,9,11,15,21H,4-8,10H2,1H3/t11-,15+,17-/m1/s1. The van der Waals surface area contributed by atoms with Crippen molar-refractivity contribution in [1.29, 1.82) is 0 Å². The summed E-state index contributed by atoms with van der Waals surface area (Å²) in [5, 5.41) is 9.91. The number of fused-ring (bicyclic) bond motifs is 1. The van der Waals surface area contributed by atoms with E-state index in [9.17, 15) is 14.3 Å². The molecule has 3 atom stereocenters. The summed E-state index contributed by atoms with van der Waals surface area (Å²) in [4.78, 5) is 14.3. The zero-order valence-electron chi connectivity index (χ0n) is 13.5. The van der Waals surface area contributed by atoms with Crippen molar-refractivity contribution in [3.8, 4) is 5.75 Å². The van der Waals surface area contributed by atoms with Gasteiger partial charge in [-0.05, 0) is 37.8 Å². The van der Waals surface area contributed by atoms with Crippen molar-refractivity contribution in [3.05, 3.63) is 29.0 Å². The Morgan fingerprint density at radius 3 is 3.00 bits per heavy atom.